The average molecular weight is 271 g/mol. The van der Waals surface area contributed by atoms with Crippen LogP contribution >= 0.6 is 0 Å². The molecule has 1 rings (SSSR count). The normalized spacial score (nSPS) is 10.7. The van der Waals surface area contributed by atoms with Gasteiger partial charge in [-0.05, 0) is 30.7 Å². The molecule has 0 aromatic heterocycles. The molecule has 0 aliphatic rings. The highest BCUT2D eigenvalue weighted by Crippen LogP contribution is 2.16. The van der Waals surface area contributed by atoms with Crippen LogP contribution in [0.1, 0.15) is 18.9 Å². The third kappa shape index (κ3) is 7.10. The van der Waals surface area contributed by atoms with E-state index in [0.717, 1.165) is 18.5 Å². The Labute approximate surface area is 113 Å². The number of benzene rings is 1. The van der Waals surface area contributed by atoms with E-state index in [1.807, 2.05) is 6.07 Å². The van der Waals surface area contributed by atoms with Gasteiger partial charge in [0.05, 0.1) is 19.8 Å². The number of hydrogen-bond acceptors (Lipinski definition) is 4. The van der Waals surface area contributed by atoms with Gasteiger partial charge < -0.3 is 19.9 Å². The number of nitrogens with one attached hydrogen (secondary N) is 1. The van der Waals surface area contributed by atoms with Gasteiger partial charge in [-0.25, -0.2) is 4.39 Å². The lowest BCUT2D eigenvalue weighted by atomic mass is 10.2. The highest BCUT2D eigenvalue weighted by molar-refractivity contribution is 5.29. The summed E-state index contributed by atoms with van der Waals surface area (Å²) in [6.07, 6.45) is 1.04. The summed E-state index contributed by atoms with van der Waals surface area (Å²) >= 11 is 0. The Morgan fingerprint density at radius 2 is 2.05 bits per heavy atom. The van der Waals surface area contributed by atoms with Gasteiger partial charge in [-0.3, -0.25) is 0 Å². The van der Waals surface area contributed by atoms with Crippen molar-refractivity contribution in [1.29, 1.82) is 0 Å². The minimum Gasteiger partial charge on any atom is -0.491 e. The van der Waals surface area contributed by atoms with Crippen LogP contribution in [0.2, 0.25) is 0 Å². The molecule has 0 bridgehead atoms. The number of rotatable bonds is 10. The van der Waals surface area contributed by atoms with Crippen molar-refractivity contribution in [2.24, 2.45) is 0 Å². The molecule has 0 unspecified atom stereocenters. The van der Waals surface area contributed by atoms with E-state index < -0.39 is 0 Å². The maximum Gasteiger partial charge on any atom is 0.127 e. The molecule has 0 saturated heterocycles. The average Bonchev–Trinajstić information content (AvgIpc) is 2.38. The summed E-state index contributed by atoms with van der Waals surface area (Å²) in [7, 11) is 0. The van der Waals surface area contributed by atoms with Crippen LogP contribution in [-0.4, -0.2) is 38.1 Å². The van der Waals surface area contributed by atoms with Crippen molar-refractivity contribution in [2.45, 2.75) is 19.9 Å². The third-order valence-corrected chi connectivity index (χ3v) is 2.42. The number of aliphatic hydroxyl groups is 1. The lowest BCUT2D eigenvalue weighted by Crippen LogP contribution is -2.14. The predicted octanol–water partition coefficient (Wildman–Crippen LogP) is 1.71. The maximum absolute atomic E-state index is 13.4. The first-order chi connectivity index (χ1) is 9.26. The van der Waals surface area contributed by atoms with E-state index in [4.69, 9.17) is 14.6 Å². The topological polar surface area (TPSA) is 50.7 Å². The molecule has 1 aromatic rings. The van der Waals surface area contributed by atoms with Crippen LogP contribution in [-0.2, 0) is 11.3 Å². The van der Waals surface area contributed by atoms with Crippen molar-refractivity contribution in [3.8, 4) is 5.75 Å². The Morgan fingerprint density at radius 3 is 2.79 bits per heavy atom. The second-order valence-corrected chi connectivity index (χ2v) is 4.16. The van der Waals surface area contributed by atoms with Gasteiger partial charge in [0.1, 0.15) is 18.2 Å². The summed E-state index contributed by atoms with van der Waals surface area (Å²) in [5, 5.41) is 11.8. The summed E-state index contributed by atoms with van der Waals surface area (Å²) in [5.74, 6) is 0.197. The molecule has 19 heavy (non-hydrogen) atoms. The summed E-state index contributed by atoms with van der Waals surface area (Å²) in [6, 6.07) is 4.67. The molecule has 0 aliphatic heterocycles. The third-order valence-electron chi connectivity index (χ3n) is 2.42. The summed E-state index contributed by atoms with van der Waals surface area (Å²) in [6.45, 7) is 4.61. The van der Waals surface area contributed by atoms with Crippen LogP contribution in [0.3, 0.4) is 0 Å². The Morgan fingerprint density at radius 1 is 1.21 bits per heavy atom. The SMILES string of the molecule is CCCNCc1cc(F)cc(OCCOCCO)c1. The monoisotopic (exact) mass is 271 g/mol. The molecule has 0 radical (unpaired) electrons. The molecular weight excluding hydrogens is 249 g/mol. The predicted molar refractivity (Wildman–Crippen MR) is 71.8 cm³/mol. The zero-order chi connectivity index (χ0) is 13.9. The van der Waals surface area contributed by atoms with Crippen molar-refractivity contribution in [2.75, 3.05) is 33.0 Å². The van der Waals surface area contributed by atoms with E-state index in [-0.39, 0.29) is 12.4 Å². The van der Waals surface area contributed by atoms with Gasteiger partial charge in [-0.15, -0.1) is 0 Å². The van der Waals surface area contributed by atoms with E-state index in [1.54, 1.807) is 0 Å². The molecular formula is C14H22FNO3. The molecule has 0 saturated carbocycles. The molecule has 0 fully saturated rings. The molecule has 4 nitrogen and oxygen atoms in total. The molecule has 5 heteroatoms. The van der Waals surface area contributed by atoms with E-state index >= 15 is 0 Å². The van der Waals surface area contributed by atoms with E-state index in [9.17, 15) is 4.39 Å². The van der Waals surface area contributed by atoms with E-state index in [0.29, 0.717) is 32.1 Å². The van der Waals surface area contributed by atoms with Crippen molar-refractivity contribution in [3.05, 3.63) is 29.6 Å². The van der Waals surface area contributed by atoms with Crippen LogP contribution < -0.4 is 10.1 Å². The second-order valence-electron chi connectivity index (χ2n) is 4.16. The summed E-state index contributed by atoms with van der Waals surface area (Å²) in [4.78, 5) is 0. The first-order valence-corrected chi connectivity index (χ1v) is 6.58. The lowest BCUT2D eigenvalue weighted by Gasteiger charge is -2.09. The van der Waals surface area contributed by atoms with Crippen LogP contribution in [0, 0.1) is 5.82 Å². The lowest BCUT2D eigenvalue weighted by molar-refractivity contribution is 0.0704. The second kappa shape index (κ2) is 9.72. The number of ether oxygens (including phenoxy) is 2. The molecule has 2 N–H and O–H groups in total. The standard InChI is InChI=1S/C14H22FNO3/c1-2-3-16-11-12-8-13(15)10-14(9-12)19-7-6-18-5-4-17/h8-10,16-17H,2-7,11H2,1H3. The maximum atomic E-state index is 13.4. The first kappa shape index (κ1) is 15.9. The van der Waals surface area contributed by atoms with Gasteiger partial charge in [0.15, 0.2) is 0 Å². The van der Waals surface area contributed by atoms with Gasteiger partial charge in [0.2, 0.25) is 0 Å². The summed E-state index contributed by atoms with van der Waals surface area (Å²) < 4.78 is 23.9. The molecule has 0 spiro atoms. The van der Waals surface area contributed by atoms with Gasteiger partial charge in [-0.2, -0.15) is 0 Å². The Hall–Kier alpha value is -1.17. The largest absolute Gasteiger partial charge is 0.491 e. The van der Waals surface area contributed by atoms with Crippen LogP contribution in [0.25, 0.3) is 0 Å². The van der Waals surface area contributed by atoms with Gasteiger partial charge >= 0.3 is 0 Å². The van der Waals surface area contributed by atoms with Crippen LogP contribution in [0.4, 0.5) is 4.39 Å². The highest BCUT2D eigenvalue weighted by atomic mass is 19.1. The smallest absolute Gasteiger partial charge is 0.127 e. The Kier molecular flexibility index (Phi) is 8.13. The fraction of sp³-hybridized carbons (Fsp3) is 0.571. The van der Waals surface area contributed by atoms with Crippen molar-refractivity contribution < 1.29 is 19.0 Å². The quantitative estimate of drug-likeness (QED) is 0.636. The zero-order valence-electron chi connectivity index (χ0n) is 11.3. The van der Waals surface area contributed by atoms with Crippen molar-refractivity contribution >= 4 is 0 Å². The first-order valence-electron chi connectivity index (χ1n) is 6.58. The minimum atomic E-state index is -0.304. The van der Waals surface area contributed by atoms with Crippen molar-refractivity contribution in [1.82, 2.24) is 5.32 Å². The molecule has 0 amide bonds. The van der Waals surface area contributed by atoms with Gasteiger partial charge in [-0.1, -0.05) is 6.92 Å². The van der Waals surface area contributed by atoms with Gasteiger partial charge in [0.25, 0.3) is 0 Å². The number of aliphatic hydroxyl groups excluding tert-OH is 1. The molecule has 108 valence electrons. The Bertz CT molecular complexity index is 361. The van der Waals surface area contributed by atoms with Crippen LogP contribution in [0.5, 0.6) is 5.75 Å². The van der Waals surface area contributed by atoms with Crippen LogP contribution in [0.15, 0.2) is 18.2 Å². The number of halogens is 1. The molecule has 0 atom stereocenters. The fourth-order valence-electron chi connectivity index (χ4n) is 1.60. The summed E-state index contributed by atoms with van der Waals surface area (Å²) in [5.41, 5.74) is 0.861. The molecule has 1 aromatic carbocycles. The Balaban J connectivity index is 2.39. The highest BCUT2D eigenvalue weighted by Gasteiger charge is 2.02. The van der Waals surface area contributed by atoms with Gasteiger partial charge in [0, 0.05) is 12.6 Å². The van der Waals surface area contributed by atoms with E-state index in [1.165, 1.54) is 12.1 Å². The molecule has 0 aliphatic carbocycles. The fourth-order valence-corrected chi connectivity index (χ4v) is 1.60. The van der Waals surface area contributed by atoms with Crippen molar-refractivity contribution in [3.63, 3.8) is 0 Å². The minimum absolute atomic E-state index is 0.00673. The number of hydrogen-bond donors (Lipinski definition) is 2. The molecule has 0 heterocycles. The van der Waals surface area contributed by atoms with E-state index in [2.05, 4.69) is 12.2 Å². The zero-order valence-corrected chi connectivity index (χ0v) is 11.3.